The van der Waals surface area contributed by atoms with Crippen molar-refractivity contribution in [3.05, 3.63) is 65.2 Å². The van der Waals surface area contributed by atoms with Crippen LogP contribution < -0.4 is 10.6 Å². The van der Waals surface area contributed by atoms with Crippen LogP contribution >= 0.6 is 0 Å². The highest BCUT2D eigenvalue weighted by molar-refractivity contribution is 5.95. The molecule has 134 valence electrons. The van der Waals surface area contributed by atoms with Crippen LogP contribution in [0.1, 0.15) is 27.9 Å². The molecular formula is C20H21N3O3. The van der Waals surface area contributed by atoms with E-state index in [0.717, 1.165) is 6.42 Å². The number of carbonyl (C=O) groups is 2. The smallest absolute Gasteiger partial charge is 0.322 e. The van der Waals surface area contributed by atoms with Gasteiger partial charge in [0, 0.05) is 30.9 Å². The lowest BCUT2D eigenvalue weighted by molar-refractivity contribution is 0.0930. The van der Waals surface area contributed by atoms with Gasteiger partial charge in [0.05, 0.1) is 12.6 Å². The Morgan fingerprint density at radius 1 is 1.00 bits per heavy atom. The number of nitrogens with zero attached hydrogens (tertiary/aromatic N) is 1. The molecule has 6 heteroatoms. The number of hydrogen-bond acceptors (Lipinski definition) is 3. The Bertz CT molecular complexity index is 788. The Labute approximate surface area is 152 Å². The van der Waals surface area contributed by atoms with Crippen molar-refractivity contribution in [2.24, 2.45) is 0 Å². The third-order valence-electron chi connectivity index (χ3n) is 4.79. The first-order chi connectivity index (χ1) is 12.7. The number of amides is 3. The summed E-state index contributed by atoms with van der Waals surface area (Å²) in [4.78, 5) is 26.4. The van der Waals surface area contributed by atoms with Crippen molar-refractivity contribution in [3.8, 4) is 0 Å². The Morgan fingerprint density at radius 2 is 1.69 bits per heavy atom. The van der Waals surface area contributed by atoms with E-state index < -0.39 is 0 Å². The zero-order valence-corrected chi connectivity index (χ0v) is 14.4. The van der Waals surface area contributed by atoms with Crippen molar-refractivity contribution >= 4 is 17.6 Å². The fourth-order valence-electron chi connectivity index (χ4n) is 3.30. The second-order valence-electron chi connectivity index (χ2n) is 6.67. The van der Waals surface area contributed by atoms with Crippen molar-refractivity contribution in [2.45, 2.75) is 25.6 Å². The van der Waals surface area contributed by atoms with Gasteiger partial charge < -0.3 is 20.3 Å². The number of benzene rings is 2. The number of hydrogen-bond donors (Lipinski definition) is 2. The van der Waals surface area contributed by atoms with E-state index in [1.54, 1.807) is 29.2 Å². The van der Waals surface area contributed by atoms with Crippen LogP contribution in [0.2, 0.25) is 0 Å². The molecule has 2 heterocycles. The van der Waals surface area contributed by atoms with Crippen LogP contribution in [0.3, 0.4) is 0 Å². The molecule has 3 amide bonds. The van der Waals surface area contributed by atoms with Gasteiger partial charge in [0.25, 0.3) is 5.91 Å². The summed E-state index contributed by atoms with van der Waals surface area (Å²) in [5, 5.41) is 5.84. The van der Waals surface area contributed by atoms with Crippen molar-refractivity contribution < 1.29 is 14.3 Å². The number of nitrogens with one attached hydrogen (secondary N) is 2. The Morgan fingerprint density at radius 3 is 2.31 bits per heavy atom. The lowest BCUT2D eigenvalue weighted by Gasteiger charge is -2.16. The molecule has 0 aromatic heterocycles. The molecule has 2 aliphatic heterocycles. The SMILES string of the molecule is O=C(N[C@@H]1CCOC1)c1ccc(NC(=O)N2Cc3ccccc3C2)cc1. The monoisotopic (exact) mass is 351 g/mol. The molecule has 1 fully saturated rings. The Balaban J connectivity index is 1.34. The minimum absolute atomic E-state index is 0.0821. The van der Waals surface area contributed by atoms with Gasteiger partial charge in [-0.15, -0.1) is 0 Å². The van der Waals surface area contributed by atoms with Gasteiger partial charge >= 0.3 is 6.03 Å². The van der Waals surface area contributed by atoms with Gasteiger partial charge in [0.2, 0.25) is 0 Å². The first-order valence-electron chi connectivity index (χ1n) is 8.80. The summed E-state index contributed by atoms with van der Waals surface area (Å²) in [6, 6.07) is 15.0. The summed E-state index contributed by atoms with van der Waals surface area (Å²) >= 11 is 0. The highest BCUT2D eigenvalue weighted by Gasteiger charge is 2.23. The summed E-state index contributed by atoms with van der Waals surface area (Å²) in [7, 11) is 0. The molecule has 6 nitrogen and oxygen atoms in total. The van der Waals surface area contributed by atoms with E-state index in [1.165, 1.54) is 11.1 Å². The first kappa shape index (κ1) is 16.6. The molecule has 0 saturated carbocycles. The standard InChI is InChI=1S/C20H21N3O3/c24-19(21-18-9-10-26-13-18)14-5-7-17(8-6-14)22-20(25)23-11-15-3-1-2-4-16(15)12-23/h1-8,18H,9-13H2,(H,21,24)(H,22,25)/t18-/m1/s1. The predicted molar refractivity (Wildman–Crippen MR) is 97.8 cm³/mol. The number of rotatable bonds is 3. The normalized spacial score (nSPS) is 18.5. The Hall–Kier alpha value is -2.86. The lowest BCUT2D eigenvalue weighted by Crippen LogP contribution is -2.35. The highest BCUT2D eigenvalue weighted by Crippen LogP contribution is 2.23. The van der Waals surface area contributed by atoms with E-state index in [9.17, 15) is 9.59 Å². The zero-order chi connectivity index (χ0) is 17.9. The lowest BCUT2D eigenvalue weighted by atomic mass is 10.1. The van der Waals surface area contributed by atoms with Crippen LogP contribution in [0.5, 0.6) is 0 Å². The predicted octanol–water partition coefficient (Wildman–Crippen LogP) is 2.75. The second kappa shape index (κ2) is 7.17. The fourth-order valence-corrected chi connectivity index (χ4v) is 3.30. The molecule has 0 bridgehead atoms. The third kappa shape index (κ3) is 3.55. The maximum absolute atomic E-state index is 12.5. The number of fused-ring (bicyclic) bond motifs is 1. The molecule has 2 aliphatic rings. The van der Waals surface area contributed by atoms with E-state index in [4.69, 9.17) is 4.74 Å². The van der Waals surface area contributed by atoms with Crippen molar-refractivity contribution in [3.63, 3.8) is 0 Å². The molecular weight excluding hydrogens is 330 g/mol. The first-order valence-corrected chi connectivity index (χ1v) is 8.80. The summed E-state index contributed by atoms with van der Waals surface area (Å²) in [5.74, 6) is -0.117. The largest absolute Gasteiger partial charge is 0.379 e. The molecule has 0 spiro atoms. The van der Waals surface area contributed by atoms with E-state index in [-0.39, 0.29) is 18.0 Å². The fraction of sp³-hybridized carbons (Fsp3) is 0.300. The quantitative estimate of drug-likeness (QED) is 0.893. The third-order valence-corrected chi connectivity index (χ3v) is 4.79. The van der Waals surface area contributed by atoms with Crippen LogP contribution in [-0.2, 0) is 17.8 Å². The van der Waals surface area contributed by atoms with Gasteiger partial charge in [0.1, 0.15) is 0 Å². The van der Waals surface area contributed by atoms with Crippen molar-refractivity contribution in [1.82, 2.24) is 10.2 Å². The average molecular weight is 351 g/mol. The molecule has 0 radical (unpaired) electrons. The van der Waals surface area contributed by atoms with Crippen molar-refractivity contribution in [2.75, 3.05) is 18.5 Å². The van der Waals surface area contributed by atoms with Gasteiger partial charge in [-0.05, 0) is 41.8 Å². The van der Waals surface area contributed by atoms with Gasteiger partial charge in [-0.3, -0.25) is 4.79 Å². The van der Waals surface area contributed by atoms with Crippen LogP contribution in [0, 0.1) is 0 Å². The molecule has 0 aliphatic carbocycles. The molecule has 0 unspecified atom stereocenters. The molecule has 2 aromatic carbocycles. The van der Waals surface area contributed by atoms with Gasteiger partial charge in [-0.25, -0.2) is 4.79 Å². The van der Waals surface area contributed by atoms with E-state index in [2.05, 4.69) is 10.6 Å². The summed E-state index contributed by atoms with van der Waals surface area (Å²) in [6.45, 7) is 2.49. The van der Waals surface area contributed by atoms with Crippen LogP contribution in [0.25, 0.3) is 0 Å². The summed E-state index contributed by atoms with van der Waals surface area (Å²) < 4.78 is 5.26. The number of urea groups is 1. The molecule has 26 heavy (non-hydrogen) atoms. The Kier molecular flexibility index (Phi) is 4.58. The second-order valence-corrected chi connectivity index (χ2v) is 6.67. The summed E-state index contributed by atoms with van der Waals surface area (Å²) in [6.07, 6.45) is 0.845. The zero-order valence-electron chi connectivity index (χ0n) is 14.4. The van der Waals surface area contributed by atoms with Crippen LogP contribution in [0.4, 0.5) is 10.5 Å². The number of anilines is 1. The maximum atomic E-state index is 12.5. The summed E-state index contributed by atoms with van der Waals surface area (Å²) in [5.41, 5.74) is 3.62. The van der Waals surface area contributed by atoms with E-state index >= 15 is 0 Å². The number of ether oxygens (including phenoxy) is 1. The molecule has 1 atom stereocenters. The van der Waals surface area contributed by atoms with Gasteiger partial charge in [-0.2, -0.15) is 0 Å². The van der Waals surface area contributed by atoms with Crippen molar-refractivity contribution in [1.29, 1.82) is 0 Å². The minimum atomic E-state index is -0.137. The highest BCUT2D eigenvalue weighted by atomic mass is 16.5. The van der Waals surface area contributed by atoms with Crippen LogP contribution in [-0.4, -0.2) is 36.1 Å². The maximum Gasteiger partial charge on any atom is 0.322 e. The number of carbonyl (C=O) groups excluding carboxylic acids is 2. The molecule has 2 N–H and O–H groups in total. The van der Waals surface area contributed by atoms with E-state index in [1.807, 2.05) is 24.3 Å². The van der Waals surface area contributed by atoms with E-state index in [0.29, 0.717) is 37.6 Å². The van der Waals surface area contributed by atoms with Gasteiger partial charge in [0.15, 0.2) is 0 Å². The average Bonchev–Trinajstić information content (AvgIpc) is 3.31. The minimum Gasteiger partial charge on any atom is -0.379 e. The topological polar surface area (TPSA) is 70.7 Å². The molecule has 4 rings (SSSR count). The molecule has 2 aromatic rings. The van der Waals surface area contributed by atoms with Crippen LogP contribution in [0.15, 0.2) is 48.5 Å². The van der Waals surface area contributed by atoms with Gasteiger partial charge in [-0.1, -0.05) is 24.3 Å². The molecule has 1 saturated heterocycles.